The van der Waals surface area contributed by atoms with Crippen LogP contribution in [-0.4, -0.2) is 28.0 Å². The highest BCUT2D eigenvalue weighted by Gasteiger charge is 2.14. The summed E-state index contributed by atoms with van der Waals surface area (Å²) in [6.07, 6.45) is 3.38. The standard InChI is InChI=1S/C17H19N5S/c1-3-22(4-2)16-14(18)17(21-11-20-16)23-13-9-5-7-12-8-6-10-19-15(12)13/h5-11H,3-4,18H2,1-2H3. The summed E-state index contributed by atoms with van der Waals surface area (Å²) in [7, 11) is 0. The Bertz CT molecular complexity index is 812. The number of nitrogens with zero attached hydrogens (tertiary/aromatic N) is 4. The third kappa shape index (κ3) is 3.07. The third-order valence-corrected chi connectivity index (χ3v) is 4.76. The molecule has 0 radical (unpaired) electrons. The highest BCUT2D eigenvalue weighted by atomic mass is 32.2. The first-order chi connectivity index (χ1) is 11.2. The van der Waals surface area contributed by atoms with E-state index in [1.807, 2.05) is 18.2 Å². The number of fused-ring (bicyclic) bond motifs is 1. The normalized spacial score (nSPS) is 10.9. The van der Waals surface area contributed by atoms with E-state index < -0.39 is 0 Å². The van der Waals surface area contributed by atoms with Gasteiger partial charge in [-0.15, -0.1) is 0 Å². The van der Waals surface area contributed by atoms with Crippen LogP contribution in [0, 0.1) is 0 Å². The number of rotatable bonds is 5. The van der Waals surface area contributed by atoms with E-state index >= 15 is 0 Å². The number of hydrogen-bond acceptors (Lipinski definition) is 6. The van der Waals surface area contributed by atoms with Crippen LogP contribution in [0.15, 0.2) is 52.8 Å². The fourth-order valence-corrected chi connectivity index (χ4v) is 3.41. The van der Waals surface area contributed by atoms with E-state index in [0.717, 1.165) is 39.7 Å². The van der Waals surface area contributed by atoms with Crippen LogP contribution in [0.5, 0.6) is 0 Å². The number of nitrogen functional groups attached to an aromatic ring is 1. The van der Waals surface area contributed by atoms with Crippen LogP contribution in [0.2, 0.25) is 0 Å². The van der Waals surface area contributed by atoms with Crippen molar-refractivity contribution in [2.24, 2.45) is 0 Å². The Hall–Kier alpha value is -2.34. The molecule has 6 heteroatoms. The molecule has 0 aliphatic rings. The first-order valence-electron chi connectivity index (χ1n) is 7.61. The van der Waals surface area contributed by atoms with Gasteiger partial charge in [0.25, 0.3) is 0 Å². The van der Waals surface area contributed by atoms with Crippen molar-refractivity contribution in [1.82, 2.24) is 15.0 Å². The van der Waals surface area contributed by atoms with Crippen molar-refractivity contribution in [2.75, 3.05) is 23.7 Å². The van der Waals surface area contributed by atoms with Crippen LogP contribution < -0.4 is 10.6 Å². The second kappa shape index (κ2) is 6.83. The smallest absolute Gasteiger partial charge is 0.156 e. The Balaban J connectivity index is 2.01. The maximum Gasteiger partial charge on any atom is 0.156 e. The Kier molecular flexibility index (Phi) is 4.62. The van der Waals surface area contributed by atoms with Crippen LogP contribution in [0.25, 0.3) is 10.9 Å². The van der Waals surface area contributed by atoms with Crippen molar-refractivity contribution in [3.63, 3.8) is 0 Å². The monoisotopic (exact) mass is 325 g/mol. The summed E-state index contributed by atoms with van der Waals surface area (Å²) in [6.45, 7) is 5.90. The summed E-state index contributed by atoms with van der Waals surface area (Å²) in [5, 5.41) is 1.87. The van der Waals surface area contributed by atoms with Crippen LogP contribution in [0.1, 0.15) is 13.8 Å². The lowest BCUT2D eigenvalue weighted by atomic mass is 10.2. The lowest BCUT2D eigenvalue weighted by molar-refractivity contribution is 0.836. The van der Waals surface area contributed by atoms with E-state index in [4.69, 9.17) is 5.73 Å². The van der Waals surface area contributed by atoms with Crippen molar-refractivity contribution in [3.05, 3.63) is 42.9 Å². The average Bonchev–Trinajstić information content (AvgIpc) is 2.59. The van der Waals surface area contributed by atoms with E-state index in [0.29, 0.717) is 5.69 Å². The Labute approximate surface area is 140 Å². The molecular weight excluding hydrogens is 306 g/mol. The SMILES string of the molecule is CCN(CC)c1ncnc(Sc2cccc3cccnc23)c1N. The molecule has 5 nitrogen and oxygen atoms in total. The molecule has 2 N–H and O–H groups in total. The second-order valence-corrected chi connectivity index (χ2v) is 6.05. The lowest BCUT2D eigenvalue weighted by Crippen LogP contribution is -2.24. The molecule has 0 saturated heterocycles. The minimum atomic E-state index is 0.620. The number of aromatic nitrogens is 3. The number of hydrogen-bond donors (Lipinski definition) is 1. The highest BCUT2D eigenvalue weighted by Crippen LogP contribution is 2.36. The molecule has 2 heterocycles. The number of anilines is 2. The summed E-state index contributed by atoms with van der Waals surface area (Å²) in [5.41, 5.74) is 7.90. The molecule has 0 aliphatic heterocycles. The molecule has 3 aromatic rings. The minimum Gasteiger partial charge on any atom is -0.394 e. The van der Waals surface area contributed by atoms with Crippen molar-refractivity contribution >= 4 is 34.2 Å². The Morgan fingerprint density at radius 3 is 2.61 bits per heavy atom. The molecule has 118 valence electrons. The summed E-state index contributed by atoms with van der Waals surface area (Å²) >= 11 is 1.53. The first kappa shape index (κ1) is 15.6. The van der Waals surface area contributed by atoms with E-state index in [1.54, 1.807) is 12.5 Å². The number of para-hydroxylation sites is 1. The zero-order chi connectivity index (χ0) is 16.2. The zero-order valence-corrected chi connectivity index (χ0v) is 14.0. The maximum absolute atomic E-state index is 6.32. The van der Waals surface area contributed by atoms with Gasteiger partial charge in [0.2, 0.25) is 0 Å². The van der Waals surface area contributed by atoms with Gasteiger partial charge in [0, 0.05) is 29.6 Å². The maximum atomic E-state index is 6.32. The molecule has 0 fully saturated rings. The fraction of sp³-hybridized carbons (Fsp3) is 0.235. The molecule has 0 amide bonds. The number of benzene rings is 1. The summed E-state index contributed by atoms with van der Waals surface area (Å²) in [4.78, 5) is 16.4. The van der Waals surface area contributed by atoms with Gasteiger partial charge in [0.05, 0.1) is 5.52 Å². The van der Waals surface area contributed by atoms with Crippen LogP contribution in [0.3, 0.4) is 0 Å². The van der Waals surface area contributed by atoms with Gasteiger partial charge >= 0.3 is 0 Å². The molecule has 0 saturated carbocycles. The minimum absolute atomic E-state index is 0.620. The van der Waals surface area contributed by atoms with Gasteiger partial charge in [-0.05, 0) is 26.0 Å². The van der Waals surface area contributed by atoms with Crippen LogP contribution in [-0.2, 0) is 0 Å². The third-order valence-electron chi connectivity index (χ3n) is 3.69. The quantitative estimate of drug-likeness (QED) is 0.723. The predicted octanol–water partition coefficient (Wildman–Crippen LogP) is 3.60. The van der Waals surface area contributed by atoms with Crippen LogP contribution >= 0.6 is 11.8 Å². The number of pyridine rings is 1. The van der Waals surface area contributed by atoms with Crippen molar-refractivity contribution < 1.29 is 0 Å². The number of nitrogens with two attached hydrogens (primary N) is 1. The molecule has 0 aliphatic carbocycles. The van der Waals surface area contributed by atoms with E-state index in [-0.39, 0.29) is 0 Å². The summed E-state index contributed by atoms with van der Waals surface area (Å²) < 4.78 is 0. The molecule has 0 unspecified atom stereocenters. The van der Waals surface area contributed by atoms with Gasteiger partial charge in [0.15, 0.2) is 5.82 Å². The highest BCUT2D eigenvalue weighted by molar-refractivity contribution is 7.99. The van der Waals surface area contributed by atoms with E-state index in [9.17, 15) is 0 Å². The molecule has 0 atom stereocenters. The van der Waals surface area contributed by atoms with Gasteiger partial charge in [-0.25, -0.2) is 9.97 Å². The summed E-state index contributed by atoms with van der Waals surface area (Å²) in [5.74, 6) is 0.792. The molecule has 2 aromatic heterocycles. The molecular formula is C17H19N5S. The Morgan fingerprint density at radius 2 is 1.83 bits per heavy atom. The lowest BCUT2D eigenvalue weighted by Gasteiger charge is -2.21. The zero-order valence-electron chi connectivity index (χ0n) is 13.2. The van der Waals surface area contributed by atoms with Gasteiger partial charge in [-0.1, -0.05) is 30.0 Å². The van der Waals surface area contributed by atoms with Gasteiger partial charge in [-0.2, -0.15) is 0 Å². The van der Waals surface area contributed by atoms with E-state index in [2.05, 4.69) is 45.8 Å². The van der Waals surface area contributed by atoms with Crippen molar-refractivity contribution in [2.45, 2.75) is 23.8 Å². The van der Waals surface area contributed by atoms with E-state index in [1.165, 1.54) is 11.8 Å². The molecule has 0 spiro atoms. The molecule has 0 bridgehead atoms. The molecule has 1 aromatic carbocycles. The summed E-state index contributed by atoms with van der Waals surface area (Å²) in [6, 6.07) is 10.1. The van der Waals surface area contributed by atoms with Gasteiger partial charge in [0.1, 0.15) is 17.0 Å². The van der Waals surface area contributed by atoms with Gasteiger partial charge in [-0.3, -0.25) is 4.98 Å². The predicted molar refractivity (Wildman–Crippen MR) is 95.9 cm³/mol. The topological polar surface area (TPSA) is 67.9 Å². The second-order valence-electron chi connectivity index (χ2n) is 5.02. The largest absolute Gasteiger partial charge is 0.394 e. The van der Waals surface area contributed by atoms with Crippen molar-refractivity contribution in [1.29, 1.82) is 0 Å². The first-order valence-corrected chi connectivity index (χ1v) is 8.43. The molecule has 3 rings (SSSR count). The van der Waals surface area contributed by atoms with Gasteiger partial charge < -0.3 is 10.6 Å². The van der Waals surface area contributed by atoms with Crippen LogP contribution in [0.4, 0.5) is 11.5 Å². The molecule has 23 heavy (non-hydrogen) atoms. The Morgan fingerprint density at radius 1 is 1.04 bits per heavy atom. The average molecular weight is 325 g/mol. The fourth-order valence-electron chi connectivity index (χ4n) is 2.49. The van der Waals surface area contributed by atoms with Crippen molar-refractivity contribution in [3.8, 4) is 0 Å².